The van der Waals surface area contributed by atoms with Crippen LogP contribution in [0, 0.1) is 0 Å². The summed E-state index contributed by atoms with van der Waals surface area (Å²) >= 11 is 0. The number of hydrogen-bond donors (Lipinski definition) is 1. The Kier molecular flexibility index (Phi) is 5.95. The van der Waals surface area contributed by atoms with Crippen molar-refractivity contribution < 1.29 is 22.4 Å². The van der Waals surface area contributed by atoms with E-state index in [-0.39, 0.29) is 28.1 Å². The number of ether oxygens (including phenoxy) is 1. The minimum Gasteiger partial charge on any atom is -0.455 e. The summed E-state index contributed by atoms with van der Waals surface area (Å²) in [4.78, 5) is 12.1. The summed E-state index contributed by atoms with van der Waals surface area (Å²) in [5.41, 5.74) is 0. The van der Waals surface area contributed by atoms with Crippen LogP contribution in [0.4, 0.5) is 0 Å². The second-order valence-corrected chi connectivity index (χ2v) is 6.93. The van der Waals surface area contributed by atoms with Crippen LogP contribution in [-0.4, -0.2) is 34.6 Å². The van der Waals surface area contributed by atoms with Gasteiger partial charge in [-0.3, -0.25) is 4.79 Å². The number of amides is 1. The average Bonchev–Trinajstić information content (AvgIpc) is 3.00. The molecule has 1 amide bonds. The van der Waals surface area contributed by atoms with Gasteiger partial charge in [0.25, 0.3) is 5.91 Å². The number of furan rings is 1. The molecule has 124 valence electrons. The molecule has 1 heterocycles. The predicted molar refractivity (Wildman–Crippen MR) is 84.9 cm³/mol. The minimum absolute atomic E-state index is 0.0979. The van der Waals surface area contributed by atoms with Gasteiger partial charge in [-0.05, 0) is 30.7 Å². The molecular formula is C16H19NO5S. The van der Waals surface area contributed by atoms with Crippen molar-refractivity contribution in [3.05, 3.63) is 54.0 Å². The van der Waals surface area contributed by atoms with Gasteiger partial charge in [0.2, 0.25) is 0 Å². The standard InChI is InChI=1S/C16H19NO5S/c1-21-11-5-10-17-16(18)15-9-8-13(22-15)12-23(19,20)14-6-3-2-4-7-14/h2-4,6-9H,5,10-12H2,1H3,(H,17,18). The summed E-state index contributed by atoms with van der Waals surface area (Å²) in [6.45, 7) is 1.02. The summed E-state index contributed by atoms with van der Waals surface area (Å²) in [5.74, 6) is -0.324. The maximum Gasteiger partial charge on any atom is 0.286 e. The molecule has 0 saturated heterocycles. The third-order valence-electron chi connectivity index (χ3n) is 3.13. The molecule has 0 saturated carbocycles. The number of nitrogens with one attached hydrogen (secondary N) is 1. The fraction of sp³-hybridized carbons (Fsp3) is 0.312. The Balaban J connectivity index is 1.98. The Bertz CT molecular complexity index is 737. The predicted octanol–water partition coefficient (Wildman–Crippen LogP) is 2.02. The van der Waals surface area contributed by atoms with E-state index in [4.69, 9.17) is 9.15 Å². The molecule has 0 aliphatic carbocycles. The highest BCUT2D eigenvalue weighted by molar-refractivity contribution is 7.90. The van der Waals surface area contributed by atoms with Gasteiger partial charge in [0.15, 0.2) is 15.6 Å². The van der Waals surface area contributed by atoms with Gasteiger partial charge < -0.3 is 14.5 Å². The number of hydrogen-bond acceptors (Lipinski definition) is 5. The molecule has 0 spiro atoms. The van der Waals surface area contributed by atoms with Gasteiger partial charge in [0, 0.05) is 20.3 Å². The quantitative estimate of drug-likeness (QED) is 0.745. The lowest BCUT2D eigenvalue weighted by molar-refractivity contribution is 0.0919. The van der Waals surface area contributed by atoms with E-state index in [1.807, 2.05) is 0 Å². The Hall–Kier alpha value is -2.12. The molecule has 0 aliphatic heterocycles. The van der Waals surface area contributed by atoms with Crippen LogP contribution in [0.5, 0.6) is 0 Å². The fourth-order valence-electron chi connectivity index (χ4n) is 1.98. The Morgan fingerprint density at radius 3 is 2.61 bits per heavy atom. The first-order chi connectivity index (χ1) is 11.0. The third kappa shape index (κ3) is 4.94. The molecule has 6 nitrogen and oxygen atoms in total. The second kappa shape index (κ2) is 7.94. The van der Waals surface area contributed by atoms with Crippen LogP contribution < -0.4 is 5.32 Å². The zero-order chi connectivity index (χ0) is 16.7. The third-order valence-corrected chi connectivity index (χ3v) is 4.79. The monoisotopic (exact) mass is 337 g/mol. The van der Waals surface area contributed by atoms with E-state index < -0.39 is 9.84 Å². The van der Waals surface area contributed by atoms with E-state index in [0.717, 1.165) is 0 Å². The van der Waals surface area contributed by atoms with Crippen LogP contribution in [0.25, 0.3) is 0 Å². The first-order valence-corrected chi connectivity index (χ1v) is 8.82. The molecule has 7 heteroatoms. The van der Waals surface area contributed by atoms with Crippen molar-refractivity contribution >= 4 is 15.7 Å². The highest BCUT2D eigenvalue weighted by Gasteiger charge is 2.18. The fourth-order valence-corrected chi connectivity index (χ4v) is 3.25. The summed E-state index contributed by atoms with van der Waals surface area (Å²) in [6.07, 6.45) is 0.693. The number of rotatable bonds is 8. The lowest BCUT2D eigenvalue weighted by Gasteiger charge is -2.03. The average molecular weight is 337 g/mol. The lowest BCUT2D eigenvalue weighted by atomic mass is 10.4. The molecule has 2 aromatic rings. The van der Waals surface area contributed by atoms with Gasteiger partial charge in [-0.2, -0.15) is 0 Å². The summed E-state index contributed by atoms with van der Waals surface area (Å²) in [6, 6.07) is 11.1. The molecule has 1 N–H and O–H groups in total. The number of sulfone groups is 1. The number of carbonyl (C=O) groups excluding carboxylic acids is 1. The molecule has 0 unspecified atom stereocenters. The van der Waals surface area contributed by atoms with Gasteiger partial charge in [0.1, 0.15) is 11.5 Å². The van der Waals surface area contributed by atoms with Crippen molar-refractivity contribution in [2.75, 3.05) is 20.3 Å². The van der Waals surface area contributed by atoms with Crippen LogP contribution in [0.1, 0.15) is 22.7 Å². The normalized spacial score (nSPS) is 11.3. The Morgan fingerprint density at radius 2 is 1.91 bits per heavy atom. The van der Waals surface area contributed by atoms with E-state index in [1.165, 1.54) is 24.3 Å². The Labute approximate surface area is 135 Å². The second-order valence-electron chi connectivity index (χ2n) is 4.94. The van der Waals surface area contributed by atoms with Crippen molar-refractivity contribution in [1.82, 2.24) is 5.32 Å². The van der Waals surface area contributed by atoms with Gasteiger partial charge >= 0.3 is 0 Å². The maximum atomic E-state index is 12.3. The van der Waals surface area contributed by atoms with Crippen LogP contribution in [0.2, 0.25) is 0 Å². The maximum absolute atomic E-state index is 12.3. The number of benzene rings is 1. The van der Waals surface area contributed by atoms with E-state index in [2.05, 4.69) is 5.32 Å². The van der Waals surface area contributed by atoms with Gasteiger partial charge in [0.05, 0.1) is 4.90 Å². The van der Waals surface area contributed by atoms with Crippen molar-refractivity contribution in [3.63, 3.8) is 0 Å². The van der Waals surface area contributed by atoms with E-state index in [9.17, 15) is 13.2 Å². The molecule has 2 rings (SSSR count). The van der Waals surface area contributed by atoms with Crippen LogP contribution >= 0.6 is 0 Å². The SMILES string of the molecule is COCCCNC(=O)c1ccc(CS(=O)(=O)c2ccccc2)o1. The van der Waals surface area contributed by atoms with Crippen LogP contribution in [-0.2, 0) is 20.3 Å². The summed E-state index contributed by atoms with van der Waals surface area (Å²) < 4.78 is 34.7. The molecule has 0 radical (unpaired) electrons. The summed E-state index contributed by atoms with van der Waals surface area (Å²) in [7, 11) is -1.90. The Morgan fingerprint density at radius 1 is 1.17 bits per heavy atom. The molecular weight excluding hydrogens is 318 g/mol. The van der Waals surface area contributed by atoms with E-state index >= 15 is 0 Å². The highest BCUT2D eigenvalue weighted by atomic mass is 32.2. The first-order valence-electron chi connectivity index (χ1n) is 7.16. The topological polar surface area (TPSA) is 85.6 Å². The minimum atomic E-state index is -3.49. The van der Waals surface area contributed by atoms with Crippen molar-refractivity contribution in [1.29, 1.82) is 0 Å². The zero-order valence-electron chi connectivity index (χ0n) is 12.8. The number of methoxy groups -OCH3 is 1. The van der Waals surface area contributed by atoms with Crippen molar-refractivity contribution in [3.8, 4) is 0 Å². The highest BCUT2D eigenvalue weighted by Crippen LogP contribution is 2.18. The first kappa shape index (κ1) is 17.2. The van der Waals surface area contributed by atoms with Crippen LogP contribution in [0.3, 0.4) is 0 Å². The van der Waals surface area contributed by atoms with Gasteiger partial charge in [-0.15, -0.1) is 0 Å². The van der Waals surface area contributed by atoms with E-state index in [1.54, 1.807) is 25.3 Å². The lowest BCUT2D eigenvalue weighted by Crippen LogP contribution is -2.24. The van der Waals surface area contributed by atoms with Gasteiger partial charge in [-0.25, -0.2) is 8.42 Å². The molecule has 1 aromatic heterocycles. The molecule has 0 bridgehead atoms. The number of carbonyl (C=O) groups is 1. The largest absolute Gasteiger partial charge is 0.455 e. The van der Waals surface area contributed by atoms with Crippen molar-refractivity contribution in [2.24, 2.45) is 0 Å². The molecule has 0 aliphatic rings. The molecule has 0 fully saturated rings. The van der Waals surface area contributed by atoms with Crippen LogP contribution in [0.15, 0.2) is 51.8 Å². The van der Waals surface area contributed by atoms with Gasteiger partial charge in [-0.1, -0.05) is 18.2 Å². The summed E-state index contributed by atoms with van der Waals surface area (Å²) in [5, 5.41) is 2.68. The molecule has 0 atom stereocenters. The van der Waals surface area contributed by atoms with E-state index in [0.29, 0.717) is 19.6 Å². The van der Waals surface area contributed by atoms with Crippen molar-refractivity contribution in [2.45, 2.75) is 17.1 Å². The zero-order valence-corrected chi connectivity index (χ0v) is 13.6. The molecule has 23 heavy (non-hydrogen) atoms. The smallest absolute Gasteiger partial charge is 0.286 e. The molecule has 1 aromatic carbocycles.